The van der Waals surface area contributed by atoms with Gasteiger partial charge in [0.05, 0.1) is 5.02 Å². The first kappa shape index (κ1) is 14.3. The summed E-state index contributed by atoms with van der Waals surface area (Å²) in [5.74, 6) is -1.10. The van der Waals surface area contributed by atoms with Gasteiger partial charge >= 0.3 is 0 Å². The Morgan fingerprint density at radius 1 is 0.900 bits per heavy atom. The molecule has 2 amide bonds. The van der Waals surface area contributed by atoms with Crippen LogP contribution in [0.3, 0.4) is 0 Å². The van der Waals surface area contributed by atoms with Gasteiger partial charge in [-0.1, -0.05) is 41.4 Å². The molecular weight excluding hydrogens is 301 g/mol. The van der Waals surface area contributed by atoms with Crippen molar-refractivity contribution in [3.8, 4) is 0 Å². The van der Waals surface area contributed by atoms with E-state index in [0.29, 0.717) is 5.56 Å². The summed E-state index contributed by atoms with van der Waals surface area (Å²) in [6.45, 7) is 0. The first-order chi connectivity index (χ1) is 9.58. The minimum absolute atomic E-state index is 0.0625. The van der Waals surface area contributed by atoms with Gasteiger partial charge in [-0.05, 0) is 24.3 Å². The van der Waals surface area contributed by atoms with E-state index in [9.17, 15) is 9.59 Å². The SMILES string of the molecule is O=C(NNC(=O)c1nc(Cl)ccc1Cl)c1ccccc1. The number of hydrogen-bond acceptors (Lipinski definition) is 3. The fourth-order valence-electron chi connectivity index (χ4n) is 1.41. The van der Waals surface area contributed by atoms with Gasteiger partial charge in [-0.15, -0.1) is 0 Å². The molecule has 5 nitrogen and oxygen atoms in total. The van der Waals surface area contributed by atoms with Gasteiger partial charge in [0.25, 0.3) is 11.8 Å². The number of nitrogens with one attached hydrogen (secondary N) is 2. The molecule has 2 N–H and O–H groups in total. The molecule has 20 heavy (non-hydrogen) atoms. The van der Waals surface area contributed by atoms with Crippen LogP contribution in [-0.2, 0) is 0 Å². The number of benzene rings is 1. The molecule has 0 bridgehead atoms. The molecule has 0 unspecified atom stereocenters. The van der Waals surface area contributed by atoms with Crippen LogP contribution in [0, 0.1) is 0 Å². The molecule has 0 atom stereocenters. The standard InChI is InChI=1S/C13H9Cl2N3O2/c14-9-6-7-10(15)16-11(9)13(20)18-17-12(19)8-4-2-1-3-5-8/h1-7H,(H,17,19)(H,18,20). The molecule has 0 radical (unpaired) electrons. The van der Waals surface area contributed by atoms with Crippen LogP contribution in [0.2, 0.25) is 10.2 Å². The molecular formula is C13H9Cl2N3O2. The molecule has 2 rings (SSSR count). The quantitative estimate of drug-likeness (QED) is 0.661. The van der Waals surface area contributed by atoms with E-state index in [1.165, 1.54) is 12.1 Å². The fraction of sp³-hybridized carbons (Fsp3) is 0. The van der Waals surface area contributed by atoms with Crippen molar-refractivity contribution in [2.24, 2.45) is 0 Å². The summed E-state index contributed by atoms with van der Waals surface area (Å²) in [6, 6.07) is 11.4. The van der Waals surface area contributed by atoms with Crippen molar-refractivity contribution in [2.45, 2.75) is 0 Å². The van der Waals surface area contributed by atoms with Crippen LogP contribution in [0.25, 0.3) is 0 Å². The number of rotatable bonds is 2. The predicted octanol–water partition coefficient (Wildman–Crippen LogP) is 2.46. The number of hydrazine groups is 1. The summed E-state index contributed by atoms with van der Waals surface area (Å²) in [5.41, 5.74) is 4.84. The number of aromatic nitrogens is 1. The fourth-order valence-corrected chi connectivity index (χ4v) is 1.75. The Hall–Kier alpha value is -2.11. The summed E-state index contributed by atoms with van der Waals surface area (Å²) in [5, 5.41) is 0.273. The highest BCUT2D eigenvalue weighted by molar-refractivity contribution is 6.34. The van der Waals surface area contributed by atoms with Gasteiger partial charge in [-0.2, -0.15) is 0 Å². The van der Waals surface area contributed by atoms with Gasteiger partial charge in [0, 0.05) is 5.56 Å². The number of halogens is 2. The zero-order chi connectivity index (χ0) is 14.5. The summed E-state index contributed by atoms with van der Waals surface area (Å²) >= 11 is 11.5. The average Bonchev–Trinajstić information content (AvgIpc) is 2.47. The lowest BCUT2D eigenvalue weighted by atomic mass is 10.2. The molecule has 0 aliphatic rings. The second kappa shape index (κ2) is 6.36. The van der Waals surface area contributed by atoms with Crippen molar-refractivity contribution in [2.75, 3.05) is 0 Å². The highest BCUT2D eigenvalue weighted by atomic mass is 35.5. The maximum atomic E-state index is 11.8. The molecule has 1 heterocycles. The molecule has 0 aliphatic heterocycles. The van der Waals surface area contributed by atoms with E-state index < -0.39 is 11.8 Å². The zero-order valence-electron chi connectivity index (χ0n) is 10.1. The molecule has 0 spiro atoms. The van der Waals surface area contributed by atoms with E-state index in [2.05, 4.69) is 15.8 Å². The molecule has 1 aromatic heterocycles. The van der Waals surface area contributed by atoms with Crippen LogP contribution < -0.4 is 10.9 Å². The maximum absolute atomic E-state index is 11.8. The summed E-state index contributed by atoms with van der Waals surface area (Å²) in [6.07, 6.45) is 0. The molecule has 102 valence electrons. The lowest BCUT2D eigenvalue weighted by Gasteiger charge is -2.08. The highest BCUT2D eigenvalue weighted by Gasteiger charge is 2.14. The Bertz CT molecular complexity index is 647. The van der Waals surface area contributed by atoms with Crippen molar-refractivity contribution >= 4 is 35.0 Å². The molecule has 7 heteroatoms. The third-order valence-corrected chi connectivity index (χ3v) is 2.87. The van der Waals surface area contributed by atoms with E-state index in [1.807, 2.05) is 0 Å². The lowest BCUT2D eigenvalue weighted by Crippen LogP contribution is -2.42. The number of nitrogens with zero attached hydrogens (tertiary/aromatic N) is 1. The number of hydrogen-bond donors (Lipinski definition) is 2. The molecule has 0 saturated heterocycles. The van der Waals surface area contributed by atoms with Gasteiger partial charge < -0.3 is 0 Å². The zero-order valence-corrected chi connectivity index (χ0v) is 11.6. The van der Waals surface area contributed by atoms with Crippen LogP contribution in [0.1, 0.15) is 20.8 Å². The first-order valence-corrected chi connectivity index (χ1v) is 6.31. The number of amides is 2. The van der Waals surface area contributed by atoms with Crippen LogP contribution in [0.5, 0.6) is 0 Å². The molecule has 0 saturated carbocycles. The van der Waals surface area contributed by atoms with Gasteiger partial charge in [-0.25, -0.2) is 4.98 Å². The van der Waals surface area contributed by atoms with Crippen molar-refractivity contribution in [1.82, 2.24) is 15.8 Å². The van der Waals surface area contributed by atoms with E-state index in [1.54, 1.807) is 30.3 Å². The Morgan fingerprint density at radius 3 is 2.25 bits per heavy atom. The third-order valence-electron chi connectivity index (χ3n) is 2.35. The Balaban J connectivity index is 2.02. The third kappa shape index (κ3) is 3.46. The van der Waals surface area contributed by atoms with Gasteiger partial charge in [0.15, 0.2) is 0 Å². The van der Waals surface area contributed by atoms with E-state index in [4.69, 9.17) is 23.2 Å². The van der Waals surface area contributed by atoms with Crippen molar-refractivity contribution in [1.29, 1.82) is 0 Å². The minimum atomic E-state index is -0.651. The highest BCUT2D eigenvalue weighted by Crippen LogP contribution is 2.16. The molecule has 2 aromatic rings. The Labute approximate surface area is 124 Å². The minimum Gasteiger partial charge on any atom is -0.267 e. The van der Waals surface area contributed by atoms with Crippen molar-refractivity contribution in [3.05, 3.63) is 63.9 Å². The van der Waals surface area contributed by atoms with Gasteiger partial charge in [0.2, 0.25) is 0 Å². The lowest BCUT2D eigenvalue weighted by molar-refractivity contribution is 0.0844. The van der Waals surface area contributed by atoms with Crippen LogP contribution in [0.4, 0.5) is 0 Å². The summed E-state index contributed by atoms with van der Waals surface area (Å²) < 4.78 is 0. The normalized spacial score (nSPS) is 9.90. The van der Waals surface area contributed by atoms with Crippen LogP contribution >= 0.6 is 23.2 Å². The topological polar surface area (TPSA) is 71.1 Å². The van der Waals surface area contributed by atoms with E-state index in [0.717, 1.165) is 0 Å². The monoisotopic (exact) mass is 309 g/mol. The smallest absolute Gasteiger partial charge is 0.267 e. The largest absolute Gasteiger partial charge is 0.289 e. The van der Waals surface area contributed by atoms with Crippen LogP contribution in [-0.4, -0.2) is 16.8 Å². The average molecular weight is 310 g/mol. The number of carbonyl (C=O) groups excluding carboxylic acids is 2. The Morgan fingerprint density at radius 2 is 1.55 bits per heavy atom. The predicted molar refractivity (Wildman–Crippen MR) is 75.6 cm³/mol. The van der Waals surface area contributed by atoms with Gasteiger partial charge in [-0.3, -0.25) is 20.4 Å². The number of carbonyl (C=O) groups is 2. The second-order valence-electron chi connectivity index (χ2n) is 3.74. The summed E-state index contributed by atoms with van der Waals surface area (Å²) in [7, 11) is 0. The van der Waals surface area contributed by atoms with Crippen molar-refractivity contribution in [3.63, 3.8) is 0 Å². The van der Waals surface area contributed by atoms with E-state index >= 15 is 0 Å². The Kier molecular flexibility index (Phi) is 4.55. The van der Waals surface area contributed by atoms with E-state index in [-0.39, 0.29) is 15.9 Å². The second-order valence-corrected chi connectivity index (χ2v) is 4.53. The first-order valence-electron chi connectivity index (χ1n) is 5.55. The van der Waals surface area contributed by atoms with Gasteiger partial charge in [0.1, 0.15) is 10.8 Å². The number of pyridine rings is 1. The van der Waals surface area contributed by atoms with Crippen molar-refractivity contribution < 1.29 is 9.59 Å². The molecule has 0 fully saturated rings. The maximum Gasteiger partial charge on any atom is 0.289 e. The molecule has 0 aliphatic carbocycles. The summed E-state index contributed by atoms with van der Waals surface area (Å²) in [4.78, 5) is 27.3. The van der Waals surface area contributed by atoms with Crippen LogP contribution in [0.15, 0.2) is 42.5 Å². The molecule has 1 aromatic carbocycles.